The maximum Gasteiger partial charge on any atom is 0.241 e. The van der Waals surface area contributed by atoms with E-state index in [2.05, 4.69) is 4.72 Å². The number of sulfonamides is 1. The van der Waals surface area contributed by atoms with Crippen molar-refractivity contribution in [3.63, 3.8) is 0 Å². The Morgan fingerprint density at radius 2 is 1.68 bits per heavy atom. The van der Waals surface area contributed by atoms with Crippen molar-refractivity contribution in [2.75, 3.05) is 19.8 Å². The number of hydrogen-bond donors (Lipinski definition) is 2. The quantitative estimate of drug-likeness (QED) is 0.412. The number of furan rings is 1. The monoisotopic (exact) mass is 479 g/mol. The summed E-state index contributed by atoms with van der Waals surface area (Å²) in [5, 5.41) is 10.4. The maximum atomic E-state index is 13.5. The summed E-state index contributed by atoms with van der Waals surface area (Å²) in [6.07, 6.45) is 1.11. The van der Waals surface area contributed by atoms with Crippen LogP contribution in [0.2, 0.25) is 0 Å². The number of ether oxygens (including phenoxy) is 2. The molecule has 8 heteroatoms. The van der Waals surface area contributed by atoms with E-state index in [-0.39, 0.29) is 11.5 Å². The van der Waals surface area contributed by atoms with Crippen LogP contribution in [-0.4, -0.2) is 33.3 Å². The Hall–Kier alpha value is -3.33. The van der Waals surface area contributed by atoms with Crippen LogP contribution in [0.3, 0.4) is 0 Å². The minimum Gasteiger partial charge on any atom is -0.490 e. The molecule has 34 heavy (non-hydrogen) atoms. The lowest BCUT2D eigenvalue weighted by atomic mass is 9.97. The predicted octanol–water partition coefficient (Wildman–Crippen LogP) is 4.20. The lowest BCUT2D eigenvalue weighted by Crippen LogP contribution is -2.30. The number of hydrogen-bond acceptors (Lipinski definition) is 6. The van der Waals surface area contributed by atoms with Crippen LogP contribution < -0.4 is 14.2 Å². The lowest BCUT2D eigenvalue weighted by molar-refractivity contribution is 0.296. The molecule has 7 nitrogen and oxygen atoms in total. The molecule has 176 valence electrons. The molecule has 2 N–H and O–H groups in total. The molecule has 1 aromatic heterocycles. The van der Waals surface area contributed by atoms with Crippen LogP contribution >= 0.6 is 0 Å². The first kappa shape index (κ1) is 22.5. The van der Waals surface area contributed by atoms with E-state index in [0.29, 0.717) is 48.0 Å². The molecule has 0 radical (unpaired) electrons. The van der Waals surface area contributed by atoms with Gasteiger partial charge in [-0.2, -0.15) is 4.72 Å². The molecule has 0 unspecified atom stereocenters. The van der Waals surface area contributed by atoms with Gasteiger partial charge in [-0.25, -0.2) is 8.42 Å². The fourth-order valence-electron chi connectivity index (χ4n) is 4.12. The normalized spacial score (nSPS) is 14.6. The number of aliphatic hydroxyl groups excluding tert-OH is 1. The molecule has 2 heterocycles. The molecule has 3 aromatic carbocycles. The highest BCUT2D eigenvalue weighted by Gasteiger charge is 2.28. The van der Waals surface area contributed by atoms with Crippen molar-refractivity contribution in [1.29, 1.82) is 0 Å². The summed E-state index contributed by atoms with van der Waals surface area (Å²) in [4.78, 5) is 0.0671. The Kier molecular flexibility index (Phi) is 6.28. The van der Waals surface area contributed by atoms with E-state index in [9.17, 15) is 13.5 Å². The van der Waals surface area contributed by atoms with E-state index in [4.69, 9.17) is 13.9 Å². The fourth-order valence-corrected chi connectivity index (χ4v) is 5.32. The molecule has 1 atom stereocenters. The number of aliphatic hydroxyl groups is 1. The molecule has 1 aliphatic rings. The van der Waals surface area contributed by atoms with Crippen molar-refractivity contribution in [1.82, 2.24) is 4.72 Å². The van der Waals surface area contributed by atoms with Gasteiger partial charge in [0.15, 0.2) is 11.5 Å². The first-order chi connectivity index (χ1) is 16.5. The summed E-state index contributed by atoms with van der Waals surface area (Å²) in [5.74, 6) is 1.39. The Morgan fingerprint density at radius 1 is 0.912 bits per heavy atom. The van der Waals surface area contributed by atoms with Crippen LogP contribution in [-0.2, 0) is 16.4 Å². The third-order valence-corrected chi connectivity index (χ3v) is 7.20. The Labute approximate surface area is 198 Å². The van der Waals surface area contributed by atoms with Gasteiger partial charge in [-0.05, 0) is 41.8 Å². The van der Waals surface area contributed by atoms with Crippen molar-refractivity contribution in [3.8, 4) is 11.5 Å². The zero-order valence-corrected chi connectivity index (χ0v) is 19.3. The van der Waals surface area contributed by atoms with Gasteiger partial charge in [0.1, 0.15) is 17.4 Å². The molecule has 5 rings (SSSR count). The smallest absolute Gasteiger partial charge is 0.241 e. The Bertz CT molecular complexity index is 1380. The number of rotatable bonds is 7. The van der Waals surface area contributed by atoms with Gasteiger partial charge >= 0.3 is 0 Å². The maximum absolute atomic E-state index is 13.5. The molecular weight excluding hydrogens is 454 g/mol. The molecule has 0 fully saturated rings. The molecule has 0 aliphatic carbocycles. The molecule has 4 aromatic rings. The van der Waals surface area contributed by atoms with Crippen LogP contribution in [0.4, 0.5) is 0 Å². The van der Waals surface area contributed by atoms with Crippen LogP contribution in [0.25, 0.3) is 11.0 Å². The number of benzene rings is 3. The second-order valence-electron chi connectivity index (χ2n) is 8.07. The summed E-state index contributed by atoms with van der Waals surface area (Å²) >= 11 is 0. The van der Waals surface area contributed by atoms with Crippen molar-refractivity contribution < 1.29 is 27.4 Å². The topological polar surface area (TPSA) is 98.0 Å². The number of nitrogens with one attached hydrogen (secondary N) is 1. The van der Waals surface area contributed by atoms with Gasteiger partial charge in [0.25, 0.3) is 0 Å². The Balaban J connectivity index is 1.57. The van der Waals surface area contributed by atoms with E-state index in [1.54, 1.807) is 6.07 Å². The molecule has 0 saturated carbocycles. The average Bonchev–Trinajstić information content (AvgIpc) is 3.13. The molecular formula is C26H25NO6S. The lowest BCUT2D eigenvalue weighted by Gasteiger charge is -2.20. The second kappa shape index (κ2) is 9.50. The summed E-state index contributed by atoms with van der Waals surface area (Å²) < 4.78 is 47.3. The van der Waals surface area contributed by atoms with Crippen molar-refractivity contribution in [3.05, 3.63) is 89.7 Å². The SMILES string of the molecule is O=S(=O)(N[C@H](c1cc2ccccc2o1)c1ccccc1CCO)c1ccc2c(c1)OCCCO2. The van der Waals surface area contributed by atoms with Crippen LogP contribution in [0, 0.1) is 0 Å². The standard InChI is InChI=1S/C26H25NO6S/c28-13-12-18-6-1-3-8-21(18)26(25-16-19-7-2-4-9-22(19)33-25)27-34(29,30)20-10-11-23-24(17-20)32-15-5-14-31-23/h1-4,6-11,16-17,26-28H,5,12-15H2/t26-/m0/s1. The third kappa shape index (κ3) is 4.52. The van der Waals surface area contributed by atoms with Gasteiger partial charge in [0.2, 0.25) is 10.0 Å². The van der Waals surface area contributed by atoms with Gasteiger partial charge in [0.05, 0.1) is 18.1 Å². The van der Waals surface area contributed by atoms with Crippen molar-refractivity contribution in [2.45, 2.75) is 23.8 Å². The molecule has 0 amide bonds. The molecule has 0 spiro atoms. The highest BCUT2D eigenvalue weighted by atomic mass is 32.2. The predicted molar refractivity (Wildman–Crippen MR) is 128 cm³/mol. The van der Waals surface area contributed by atoms with Crippen molar-refractivity contribution in [2.24, 2.45) is 0 Å². The Morgan fingerprint density at radius 3 is 2.50 bits per heavy atom. The van der Waals surface area contributed by atoms with Crippen LogP contribution in [0.5, 0.6) is 11.5 Å². The van der Waals surface area contributed by atoms with E-state index in [0.717, 1.165) is 17.4 Å². The van der Waals surface area contributed by atoms with E-state index < -0.39 is 16.1 Å². The molecule has 0 saturated heterocycles. The fraction of sp³-hybridized carbons (Fsp3) is 0.231. The highest BCUT2D eigenvalue weighted by molar-refractivity contribution is 7.89. The third-order valence-electron chi connectivity index (χ3n) is 5.78. The van der Waals surface area contributed by atoms with Gasteiger partial charge in [-0.1, -0.05) is 42.5 Å². The van der Waals surface area contributed by atoms with E-state index in [1.807, 2.05) is 54.6 Å². The van der Waals surface area contributed by atoms with Crippen LogP contribution in [0.15, 0.2) is 82.1 Å². The highest BCUT2D eigenvalue weighted by Crippen LogP contribution is 2.35. The molecule has 1 aliphatic heterocycles. The second-order valence-corrected chi connectivity index (χ2v) is 9.79. The van der Waals surface area contributed by atoms with Gasteiger partial charge in [-0.3, -0.25) is 0 Å². The zero-order chi connectivity index (χ0) is 23.5. The van der Waals surface area contributed by atoms with E-state index in [1.165, 1.54) is 12.1 Å². The average molecular weight is 480 g/mol. The summed E-state index contributed by atoms with van der Waals surface area (Å²) in [6, 6.07) is 20.6. The van der Waals surface area contributed by atoms with Gasteiger partial charge in [0, 0.05) is 24.5 Å². The first-order valence-electron chi connectivity index (χ1n) is 11.1. The first-order valence-corrected chi connectivity index (χ1v) is 12.6. The minimum atomic E-state index is -3.98. The largest absolute Gasteiger partial charge is 0.490 e. The summed E-state index contributed by atoms with van der Waals surface area (Å²) in [6.45, 7) is 0.923. The summed E-state index contributed by atoms with van der Waals surface area (Å²) in [7, 11) is -3.98. The van der Waals surface area contributed by atoms with Crippen molar-refractivity contribution >= 4 is 21.0 Å². The number of fused-ring (bicyclic) bond motifs is 2. The van der Waals surface area contributed by atoms with Gasteiger partial charge in [-0.15, -0.1) is 0 Å². The zero-order valence-electron chi connectivity index (χ0n) is 18.4. The van der Waals surface area contributed by atoms with Gasteiger partial charge < -0.3 is 19.0 Å². The minimum absolute atomic E-state index is 0.0568. The molecule has 0 bridgehead atoms. The number of para-hydroxylation sites is 1. The van der Waals surface area contributed by atoms with Crippen LogP contribution in [0.1, 0.15) is 29.3 Å². The van der Waals surface area contributed by atoms with E-state index >= 15 is 0 Å². The summed E-state index contributed by atoms with van der Waals surface area (Å²) in [5.41, 5.74) is 2.21.